The molecule has 5 heterocycles. The fourth-order valence-corrected chi connectivity index (χ4v) is 6.46. The van der Waals surface area contributed by atoms with Crippen LogP contribution in [-0.2, 0) is 13.1 Å². The van der Waals surface area contributed by atoms with Crippen LogP contribution in [-0.4, -0.2) is 95.9 Å². The summed E-state index contributed by atoms with van der Waals surface area (Å²) in [7, 11) is 0. The maximum Gasteiger partial charge on any atom is 0.409 e. The molecular formula is C22H28F3N9O. The molecule has 2 saturated carbocycles. The van der Waals surface area contributed by atoms with Crippen molar-refractivity contribution in [1.29, 1.82) is 0 Å². The Hall–Kier alpha value is -2.70. The number of urea groups is 1. The Balaban J connectivity index is 0.832. The second-order valence-electron chi connectivity index (χ2n) is 11.5. The third kappa shape index (κ3) is 3.87. The Morgan fingerprint density at radius 2 is 1.69 bits per heavy atom. The number of likely N-dealkylation sites (tertiary alicyclic amines) is 3. The molecule has 0 atom stereocenters. The second kappa shape index (κ2) is 7.17. The monoisotopic (exact) mass is 491 g/mol. The van der Waals surface area contributed by atoms with Crippen LogP contribution in [0.5, 0.6) is 0 Å². The van der Waals surface area contributed by atoms with E-state index in [1.165, 1.54) is 19.0 Å². The molecule has 13 heteroatoms. The lowest BCUT2D eigenvalue weighted by Crippen LogP contribution is -2.75. The molecule has 0 aromatic carbocycles. The van der Waals surface area contributed by atoms with Crippen LogP contribution in [0, 0.1) is 10.8 Å². The van der Waals surface area contributed by atoms with E-state index in [2.05, 4.69) is 25.2 Å². The molecule has 0 unspecified atom stereocenters. The zero-order chi connectivity index (χ0) is 24.0. The lowest BCUT2D eigenvalue weighted by Gasteiger charge is -2.63. The van der Waals surface area contributed by atoms with Gasteiger partial charge in [0.25, 0.3) is 0 Å². The van der Waals surface area contributed by atoms with E-state index in [1.807, 2.05) is 20.8 Å². The van der Waals surface area contributed by atoms with E-state index in [4.69, 9.17) is 0 Å². The molecule has 2 aliphatic carbocycles. The third-order valence-electron chi connectivity index (χ3n) is 8.23. The highest BCUT2D eigenvalue weighted by molar-refractivity contribution is 5.77. The molecule has 2 spiro atoms. The number of nitrogens with zero attached hydrogens (tertiary/aromatic N) is 9. The van der Waals surface area contributed by atoms with Gasteiger partial charge in [-0.1, -0.05) is 0 Å². The summed E-state index contributed by atoms with van der Waals surface area (Å²) in [6.45, 7) is 4.12. The van der Waals surface area contributed by atoms with Gasteiger partial charge in [-0.3, -0.25) is 4.90 Å². The average Bonchev–Trinajstić information content (AvgIpc) is 3.24. The fraction of sp³-hybridized carbons (Fsp3) is 0.773. The standard InChI is InChI=1S/C22H28F3N9O/c23-22(24,25)13-34-27-5-16(28-34)6-30-7-21(8-30)11-32(12-21)19(35)31-9-20(10-31)3-17(4-20)33-14-26-18(29-33)15-1-2-15/h5,14-15,17H,1-4,6-13H2. The number of alkyl halides is 3. The van der Waals surface area contributed by atoms with Crippen LogP contribution < -0.4 is 0 Å². The summed E-state index contributed by atoms with van der Waals surface area (Å²) in [6.07, 6.45) is 3.49. The smallest absolute Gasteiger partial charge is 0.323 e. The highest BCUT2D eigenvalue weighted by Gasteiger charge is 2.58. The number of carbonyl (C=O) groups is 1. The molecule has 35 heavy (non-hydrogen) atoms. The van der Waals surface area contributed by atoms with Crippen LogP contribution in [0.25, 0.3) is 0 Å². The molecule has 2 aromatic rings. The van der Waals surface area contributed by atoms with Gasteiger partial charge in [0.2, 0.25) is 0 Å². The molecule has 0 bridgehead atoms. The van der Waals surface area contributed by atoms with Crippen molar-refractivity contribution in [3.05, 3.63) is 24.0 Å². The summed E-state index contributed by atoms with van der Waals surface area (Å²) < 4.78 is 39.4. The normalized spacial score (nSPS) is 25.3. The van der Waals surface area contributed by atoms with E-state index >= 15 is 0 Å². The number of aromatic nitrogens is 6. The first-order chi connectivity index (χ1) is 16.7. The Bertz CT molecular complexity index is 1130. The van der Waals surface area contributed by atoms with Gasteiger partial charge in [-0.25, -0.2) is 14.5 Å². The predicted molar refractivity (Wildman–Crippen MR) is 115 cm³/mol. The van der Waals surface area contributed by atoms with Gasteiger partial charge in [-0.05, 0) is 25.7 Å². The molecule has 2 amide bonds. The van der Waals surface area contributed by atoms with Crippen molar-refractivity contribution in [2.45, 2.75) is 56.9 Å². The van der Waals surface area contributed by atoms with Crippen LogP contribution in [0.2, 0.25) is 0 Å². The first kappa shape index (κ1) is 21.6. The van der Waals surface area contributed by atoms with Gasteiger partial charge >= 0.3 is 12.2 Å². The van der Waals surface area contributed by atoms with Gasteiger partial charge < -0.3 is 9.80 Å². The van der Waals surface area contributed by atoms with Gasteiger partial charge in [0.05, 0.1) is 17.9 Å². The Kier molecular flexibility index (Phi) is 4.42. The number of carbonyl (C=O) groups excluding carboxylic acids is 1. The molecule has 5 aliphatic rings. The van der Waals surface area contributed by atoms with Crippen LogP contribution in [0.1, 0.15) is 49.2 Å². The van der Waals surface area contributed by atoms with E-state index in [9.17, 15) is 18.0 Å². The minimum atomic E-state index is -4.33. The number of hydrogen-bond donors (Lipinski definition) is 0. The number of rotatable bonds is 5. The van der Waals surface area contributed by atoms with Crippen molar-refractivity contribution in [3.8, 4) is 0 Å². The van der Waals surface area contributed by atoms with Crippen molar-refractivity contribution >= 4 is 6.03 Å². The third-order valence-corrected chi connectivity index (χ3v) is 8.23. The zero-order valence-corrected chi connectivity index (χ0v) is 19.4. The summed E-state index contributed by atoms with van der Waals surface area (Å²) in [4.78, 5) is 24.1. The summed E-state index contributed by atoms with van der Waals surface area (Å²) in [5, 5.41) is 12.3. The number of halogens is 3. The molecule has 2 aromatic heterocycles. The van der Waals surface area contributed by atoms with Crippen LogP contribution in [0.3, 0.4) is 0 Å². The molecule has 3 aliphatic heterocycles. The van der Waals surface area contributed by atoms with Crippen LogP contribution in [0.15, 0.2) is 12.5 Å². The Labute approximate surface area is 200 Å². The predicted octanol–water partition coefficient (Wildman–Crippen LogP) is 1.88. The summed E-state index contributed by atoms with van der Waals surface area (Å²) >= 11 is 0. The van der Waals surface area contributed by atoms with Crippen molar-refractivity contribution in [2.24, 2.45) is 10.8 Å². The van der Waals surface area contributed by atoms with Crippen LogP contribution >= 0.6 is 0 Å². The average molecular weight is 492 g/mol. The molecule has 10 nitrogen and oxygen atoms in total. The number of hydrogen-bond acceptors (Lipinski definition) is 6. The molecule has 0 radical (unpaired) electrons. The van der Waals surface area contributed by atoms with E-state index in [0.717, 1.165) is 57.9 Å². The Morgan fingerprint density at radius 1 is 1.00 bits per heavy atom. The topological polar surface area (TPSA) is 88.2 Å². The maximum absolute atomic E-state index is 12.9. The van der Waals surface area contributed by atoms with Crippen molar-refractivity contribution in [1.82, 2.24) is 44.5 Å². The minimum Gasteiger partial charge on any atom is -0.323 e. The SMILES string of the molecule is O=C(N1CC2(CC(n3cnc(C4CC4)n3)C2)C1)N1CC2(CN(Cc3cnn(CC(F)(F)F)n3)C2)C1. The zero-order valence-electron chi connectivity index (χ0n) is 19.4. The molecule has 5 fully saturated rings. The molecule has 3 saturated heterocycles. The Morgan fingerprint density at radius 3 is 2.34 bits per heavy atom. The van der Waals surface area contributed by atoms with Crippen molar-refractivity contribution in [3.63, 3.8) is 0 Å². The van der Waals surface area contributed by atoms with Gasteiger partial charge in [0, 0.05) is 62.6 Å². The van der Waals surface area contributed by atoms with Gasteiger partial charge in [0.1, 0.15) is 6.33 Å². The first-order valence-electron chi connectivity index (χ1n) is 12.3. The highest BCUT2D eigenvalue weighted by atomic mass is 19.4. The van der Waals surface area contributed by atoms with E-state index in [1.54, 1.807) is 0 Å². The van der Waals surface area contributed by atoms with E-state index < -0.39 is 12.7 Å². The quantitative estimate of drug-likeness (QED) is 0.635. The summed E-state index contributed by atoms with van der Waals surface area (Å²) in [6, 6.07) is 0.547. The van der Waals surface area contributed by atoms with Crippen molar-refractivity contribution < 1.29 is 18.0 Å². The molecule has 7 rings (SSSR count). The maximum atomic E-state index is 12.9. The summed E-state index contributed by atoms with van der Waals surface area (Å²) in [5.74, 6) is 1.56. The van der Waals surface area contributed by atoms with Crippen molar-refractivity contribution in [2.75, 3.05) is 39.3 Å². The minimum absolute atomic E-state index is 0.119. The molecule has 0 N–H and O–H groups in total. The van der Waals surface area contributed by atoms with Gasteiger partial charge in [-0.2, -0.15) is 33.3 Å². The molecular weight excluding hydrogens is 463 g/mol. The first-order valence-corrected chi connectivity index (χ1v) is 12.3. The second-order valence-corrected chi connectivity index (χ2v) is 11.5. The number of amides is 2. The van der Waals surface area contributed by atoms with E-state index in [0.29, 0.717) is 29.0 Å². The lowest BCUT2D eigenvalue weighted by atomic mass is 9.60. The van der Waals surface area contributed by atoms with Gasteiger partial charge in [-0.15, -0.1) is 0 Å². The van der Waals surface area contributed by atoms with Gasteiger partial charge in [0.15, 0.2) is 12.4 Å². The molecule has 188 valence electrons. The lowest BCUT2D eigenvalue weighted by molar-refractivity contribution is -0.145. The van der Waals surface area contributed by atoms with Crippen LogP contribution in [0.4, 0.5) is 18.0 Å². The highest BCUT2D eigenvalue weighted by Crippen LogP contribution is 2.54. The summed E-state index contributed by atoms with van der Waals surface area (Å²) in [5.41, 5.74) is 0.912. The van der Waals surface area contributed by atoms with E-state index in [-0.39, 0.29) is 16.9 Å². The fourth-order valence-electron chi connectivity index (χ4n) is 6.46. The largest absolute Gasteiger partial charge is 0.409 e.